The van der Waals surface area contributed by atoms with Crippen LogP contribution in [0.2, 0.25) is 0 Å². The van der Waals surface area contributed by atoms with E-state index in [1.165, 1.54) is 27.7 Å². The highest BCUT2D eigenvalue weighted by Crippen LogP contribution is 2.14. The van der Waals surface area contributed by atoms with E-state index in [1.807, 2.05) is 0 Å². The SMILES string of the molecule is C=C(C)C(=O)O.C=C(C)C(=O)O.C=C(C)C(=O)O.C=C(C)C(=O)O.OCC(CO)(CO)CO.OCC(CO)(CO)CO.OCC(CO)(CO)CO.OCC(CO)(CO)CO.OCC(CO)(CO)CO. The van der Waals surface area contributed by atoms with E-state index in [4.69, 9.17) is 123 Å². The number of carboxylic acid groups (broad SMARTS) is 4. The van der Waals surface area contributed by atoms with Crippen LogP contribution < -0.4 is 0 Å². The summed E-state index contributed by atoms with van der Waals surface area (Å²) in [5.74, 6) is -3.74. The van der Waals surface area contributed by atoms with E-state index < -0.39 is 183 Å². The molecule has 416 valence electrons. The second-order valence-corrected chi connectivity index (χ2v) is 15.0. The lowest BCUT2D eigenvalue weighted by atomic mass is 9.93. The Morgan fingerprint density at radius 2 is 0.275 bits per heavy atom. The molecule has 0 aromatic carbocycles. The maximum atomic E-state index is 9.60. The van der Waals surface area contributed by atoms with Crippen LogP contribution in [-0.2, 0) is 19.2 Å². The topological polar surface area (TPSA) is 554 Å². The molecule has 69 heavy (non-hydrogen) atoms. The summed E-state index contributed by atoms with van der Waals surface area (Å²) < 4.78 is 0. The van der Waals surface area contributed by atoms with Crippen molar-refractivity contribution < 1.29 is 142 Å². The van der Waals surface area contributed by atoms with Crippen molar-refractivity contribution in [1.29, 1.82) is 0 Å². The van der Waals surface area contributed by atoms with Crippen LogP contribution in [0.4, 0.5) is 0 Å². The van der Waals surface area contributed by atoms with Crippen molar-refractivity contribution in [3.05, 3.63) is 48.6 Å². The summed E-state index contributed by atoms with van der Waals surface area (Å²) in [6.45, 7) is 10.3. The fraction of sp³-hybridized carbons (Fsp3) is 0.707. The minimum absolute atomic E-state index is 0.176. The van der Waals surface area contributed by atoms with Gasteiger partial charge in [0.15, 0.2) is 0 Å². The molecular formula is C41H84O28. The largest absolute Gasteiger partial charge is 0.478 e. The molecule has 0 saturated carbocycles. The van der Waals surface area contributed by atoms with E-state index in [-0.39, 0.29) is 22.3 Å². The molecule has 0 fully saturated rings. The van der Waals surface area contributed by atoms with Crippen LogP contribution in [0.5, 0.6) is 0 Å². The van der Waals surface area contributed by atoms with Crippen LogP contribution in [0.15, 0.2) is 48.6 Å². The molecule has 0 saturated heterocycles. The minimum Gasteiger partial charge on any atom is -0.478 e. The van der Waals surface area contributed by atoms with Crippen molar-refractivity contribution in [1.82, 2.24) is 0 Å². The van der Waals surface area contributed by atoms with Gasteiger partial charge in [0.05, 0.1) is 159 Å². The van der Waals surface area contributed by atoms with Crippen LogP contribution in [0, 0.1) is 27.1 Å². The van der Waals surface area contributed by atoms with E-state index >= 15 is 0 Å². The van der Waals surface area contributed by atoms with Gasteiger partial charge < -0.3 is 123 Å². The summed E-state index contributed by atoms with van der Waals surface area (Å²) in [6, 6.07) is 0. The van der Waals surface area contributed by atoms with Gasteiger partial charge in [0.25, 0.3) is 0 Å². The van der Waals surface area contributed by atoms with Crippen molar-refractivity contribution in [2.75, 3.05) is 132 Å². The number of rotatable bonds is 24. The normalized spacial score (nSPS) is 10.4. The number of hydrogen-bond donors (Lipinski definition) is 24. The lowest BCUT2D eigenvalue weighted by Gasteiger charge is -2.23. The highest BCUT2D eigenvalue weighted by Gasteiger charge is 2.29. The zero-order valence-electron chi connectivity index (χ0n) is 39.8. The van der Waals surface area contributed by atoms with Gasteiger partial charge in [0.1, 0.15) is 0 Å². The quantitative estimate of drug-likeness (QED) is 0.0399. The Hall–Kier alpha value is -3.96. The van der Waals surface area contributed by atoms with Gasteiger partial charge in [-0.05, 0) is 27.7 Å². The molecule has 28 heteroatoms. The molecule has 0 spiro atoms. The smallest absolute Gasteiger partial charge is 0.330 e. The summed E-state index contributed by atoms with van der Waals surface area (Å²) in [6.07, 6.45) is 0. The fourth-order valence-electron chi connectivity index (χ4n) is 1.50. The van der Waals surface area contributed by atoms with E-state index in [0.717, 1.165) is 0 Å². The third kappa shape index (κ3) is 47.5. The summed E-state index contributed by atoms with van der Waals surface area (Å²) in [5, 5.41) is 201. The second-order valence-electron chi connectivity index (χ2n) is 15.0. The molecule has 0 bridgehead atoms. The molecule has 0 heterocycles. The zero-order chi connectivity index (χ0) is 57.3. The van der Waals surface area contributed by atoms with E-state index in [1.54, 1.807) is 0 Å². The van der Waals surface area contributed by atoms with Gasteiger partial charge >= 0.3 is 23.9 Å². The number of hydrogen-bond acceptors (Lipinski definition) is 24. The molecule has 0 aromatic heterocycles. The molecule has 24 N–H and O–H groups in total. The maximum absolute atomic E-state index is 9.60. The maximum Gasteiger partial charge on any atom is 0.330 e. The van der Waals surface area contributed by atoms with Gasteiger partial charge in [-0.3, -0.25) is 0 Å². The Kier molecular flexibility index (Phi) is 63.9. The Balaban J connectivity index is -0.0000000844. The molecule has 0 aromatic rings. The van der Waals surface area contributed by atoms with Gasteiger partial charge in [0, 0.05) is 22.3 Å². The van der Waals surface area contributed by atoms with E-state index in [0.29, 0.717) is 0 Å². The highest BCUT2D eigenvalue weighted by atomic mass is 16.4. The molecule has 0 aliphatic heterocycles. The Morgan fingerprint density at radius 1 is 0.232 bits per heavy atom. The minimum atomic E-state index is -1.11. The lowest BCUT2D eigenvalue weighted by Crippen LogP contribution is -2.37. The van der Waals surface area contributed by atoms with Crippen molar-refractivity contribution in [3.8, 4) is 0 Å². The number of aliphatic carboxylic acids is 4. The molecule has 28 nitrogen and oxygen atoms in total. The number of aliphatic hydroxyl groups excluding tert-OH is 20. The van der Waals surface area contributed by atoms with Gasteiger partial charge in [-0.25, -0.2) is 19.2 Å². The Labute approximate surface area is 400 Å². The van der Waals surface area contributed by atoms with Crippen LogP contribution in [0.25, 0.3) is 0 Å². The summed E-state index contributed by atoms with van der Waals surface area (Å²) in [7, 11) is 0. The Bertz CT molecular complexity index is 954. The second kappa shape index (κ2) is 51.9. The van der Waals surface area contributed by atoms with Crippen molar-refractivity contribution in [2.45, 2.75) is 27.7 Å². The number of carbonyl (C=O) groups is 4. The van der Waals surface area contributed by atoms with Gasteiger partial charge in [-0.1, -0.05) is 26.3 Å². The monoisotopic (exact) mass is 1020 g/mol. The third-order valence-corrected chi connectivity index (χ3v) is 8.17. The summed E-state index contributed by atoms with van der Waals surface area (Å²) in [5.41, 5.74) is -4.85. The van der Waals surface area contributed by atoms with Gasteiger partial charge in [0.2, 0.25) is 0 Å². The van der Waals surface area contributed by atoms with Gasteiger partial charge in [-0.15, -0.1) is 0 Å². The van der Waals surface area contributed by atoms with E-state index in [2.05, 4.69) is 26.3 Å². The molecular weight excluding hydrogens is 940 g/mol. The third-order valence-electron chi connectivity index (χ3n) is 8.17. The van der Waals surface area contributed by atoms with Gasteiger partial charge in [-0.2, -0.15) is 0 Å². The standard InChI is InChI=1S/5C5H12O4.4C4H6O2/c5*6-1-5(2-7,3-8)4-9;4*1-3(2)4(5)6/h5*6-9H,1-4H2;4*1H2,2H3,(H,5,6). The molecule has 0 unspecified atom stereocenters. The average molecular weight is 1030 g/mol. The van der Waals surface area contributed by atoms with Crippen LogP contribution >= 0.6 is 0 Å². The molecule has 0 radical (unpaired) electrons. The van der Waals surface area contributed by atoms with Crippen molar-refractivity contribution >= 4 is 23.9 Å². The fourth-order valence-corrected chi connectivity index (χ4v) is 1.50. The van der Waals surface area contributed by atoms with Crippen LogP contribution in [-0.4, -0.2) is 279 Å². The van der Waals surface area contributed by atoms with Crippen LogP contribution in [0.3, 0.4) is 0 Å². The molecule has 0 aliphatic rings. The summed E-state index contributed by atoms with van der Waals surface area (Å²) in [4.78, 5) is 38.4. The van der Waals surface area contributed by atoms with E-state index in [9.17, 15) is 19.2 Å². The molecule has 0 atom stereocenters. The average Bonchev–Trinajstić information content (AvgIpc) is 3.35. The number of aliphatic hydroxyl groups is 20. The van der Waals surface area contributed by atoms with Crippen molar-refractivity contribution in [3.63, 3.8) is 0 Å². The summed E-state index contributed by atoms with van der Waals surface area (Å²) >= 11 is 0. The Morgan fingerprint density at radius 3 is 0.275 bits per heavy atom. The first kappa shape index (κ1) is 84.9. The number of carboxylic acids is 4. The predicted octanol–water partition coefficient (Wildman–Crippen LogP) is -7.70. The lowest BCUT2D eigenvalue weighted by molar-refractivity contribution is -0.133. The first-order valence-electron chi connectivity index (χ1n) is 19.5. The predicted molar refractivity (Wildman–Crippen MR) is 244 cm³/mol. The zero-order valence-corrected chi connectivity index (χ0v) is 39.8. The first-order chi connectivity index (χ1) is 31.8. The van der Waals surface area contributed by atoms with Crippen LogP contribution in [0.1, 0.15) is 27.7 Å². The molecule has 0 aliphatic carbocycles. The molecule has 0 rings (SSSR count). The first-order valence-corrected chi connectivity index (χ1v) is 19.5. The highest BCUT2D eigenvalue weighted by molar-refractivity contribution is 5.85. The van der Waals surface area contributed by atoms with Crippen molar-refractivity contribution in [2.24, 2.45) is 27.1 Å². The molecule has 0 amide bonds.